The zero-order chi connectivity index (χ0) is 20.5. The van der Waals surface area contributed by atoms with Gasteiger partial charge in [-0.15, -0.1) is 0 Å². The molecule has 1 atom stereocenters. The third-order valence-electron chi connectivity index (χ3n) is 5.09. The summed E-state index contributed by atoms with van der Waals surface area (Å²) in [6.07, 6.45) is -0.0217. The van der Waals surface area contributed by atoms with Crippen molar-refractivity contribution in [1.29, 1.82) is 0 Å². The summed E-state index contributed by atoms with van der Waals surface area (Å²) in [4.78, 5) is 17.2. The van der Waals surface area contributed by atoms with Crippen LogP contribution in [0.2, 0.25) is 0 Å². The van der Waals surface area contributed by atoms with E-state index in [1.807, 2.05) is 47.4 Å². The Balaban J connectivity index is 1.60. The standard InChI is InChI=1S/C23H30N2O4/c1-27-14-13-25(23(26)20-6-4-3-5-7-20)18-22-17-24(12-15-29-22)16-19-8-10-21(28-2)11-9-19/h3-11,22H,12-18H2,1-2H3. The van der Waals surface area contributed by atoms with Crippen LogP contribution in [-0.2, 0) is 16.0 Å². The van der Waals surface area contributed by atoms with Crippen LogP contribution in [0, 0.1) is 0 Å². The highest BCUT2D eigenvalue weighted by Crippen LogP contribution is 2.16. The Morgan fingerprint density at radius 2 is 1.90 bits per heavy atom. The molecule has 1 unspecified atom stereocenters. The van der Waals surface area contributed by atoms with Crippen LogP contribution in [0.5, 0.6) is 5.75 Å². The molecule has 29 heavy (non-hydrogen) atoms. The molecule has 2 aromatic carbocycles. The molecule has 156 valence electrons. The average molecular weight is 399 g/mol. The van der Waals surface area contributed by atoms with E-state index in [1.54, 1.807) is 14.2 Å². The number of amides is 1. The second kappa shape index (κ2) is 11.0. The van der Waals surface area contributed by atoms with E-state index in [1.165, 1.54) is 5.56 Å². The Morgan fingerprint density at radius 3 is 2.59 bits per heavy atom. The molecule has 6 nitrogen and oxygen atoms in total. The van der Waals surface area contributed by atoms with Crippen molar-refractivity contribution in [3.63, 3.8) is 0 Å². The Kier molecular flexibility index (Phi) is 8.04. The summed E-state index contributed by atoms with van der Waals surface area (Å²) >= 11 is 0. The molecule has 0 aliphatic carbocycles. The zero-order valence-electron chi connectivity index (χ0n) is 17.3. The van der Waals surface area contributed by atoms with E-state index in [0.717, 1.165) is 25.4 Å². The summed E-state index contributed by atoms with van der Waals surface area (Å²) in [5.41, 5.74) is 1.93. The third-order valence-corrected chi connectivity index (χ3v) is 5.09. The molecular formula is C23H30N2O4. The van der Waals surface area contributed by atoms with Crippen LogP contribution in [0.25, 0.3) is 0 Å². The van der Waals surface area contributed by atoms with E-state index in [-0.39, 0.29) is 12.0 Å². The summed E-state index contributed by atoms with van der Waals surface area (Å²) in [7, 11) is 3.33. The van der Waals surface area contributed by atoms with Crippen molar-refractivity contribution in [2.45, 2.75) is 12.6 Å². The molecular weight excluding hydrogens is 368 g/mol. The number of rotatable bonds is 9. The molecule has 1 saturated heterocycles. The van der Waals surface area contributed by atoms with E-state index in [4.69, 9.17) is 14.2 Å². The van der Waals surface area contributed by atoms with Gasteiger partial charge in [0.2, 0.25) is 0 Å². The van der Waals surface area contributed by atoms with Crippen LogP contribution in [0.4, 0.5) is 0 Å². The first-order valence-electron chi connectivity index (χ1n) is 9.99. The van der Waals surface area contributed by atoms with E-state index in [2.05, 4.69) is 17.0 Å². The van der Waals surface area contributed by atoms with Gasteiger partial charge in [0.25, 0.3) is 5.91 Å². The number of methoxy groups -OCH3 is 2. The fourth-order valence-corrected chi connectivity index (χ4v) is 3.51. The molecule has 0 radical (unpaired) electrons. The van der Waals surface area contributed by atoms with Crippen LogP contribution in [-0.4, -0.2) is 75.4 Å². The first-order chi connectivity index (χ1) is 14.2. The van der Waals surface area contributed by atoms with Gasteiger partial charge in [-0.2, -0.15) is 0 Å². The lowest BCUT2D eigenvalue weighted by Gasteiger charge is -2.36. The quantitative estimate of drug-likeness (QED) is 0.650. The zero-order valence-corrected chi connectivity index (χ0v) is 17.3. The molecule has 6 heteroatoms. The van der Waals surface area contributed by atoms with Crippen LogP contribution >= 0.6 is 0 Å². The fraction of sp³-hybridized carbons (Fsp3) is 0.435. The summed E-state index contributed by atoms with van der Waals surface area (Å²) in [5, 5.41) is 0. The van der Waals surface area contributed by atoms with Gasteiger partial charge in [-0.05, 0) is 29.8 Å². The predicted molar refractivity (Wildman–Crippen MR) is 112 cm³/mol. The highest BCUT2D eigenvalue weighted by molar-refractivity contribution is 5.94. The van der Waals surface area contributed by atoms with Crippen molar-refractivity contribution in [1.82, 2.24) is 9.80 Å². The summed E-state index contributed by atoms with van der Waals surface area (Å²) in [6, 6.07) is 17.5. The normalized spacial score (nSPS) is 17.1. The molecule has 0 bridgehead atoms. The molecule has 1 amide bonds. The van der Waals surface area contributed by atoms with Crippen LogP contribution in [0.3, 0.4) is 0 Å². The van der Waals surface area contributed by atoms with Crippen LogP contribution in [0.1, 0.15) is 15.9 Å². The van der Waals surface area contributed by atoms with Crippen molar-refractivity contribution >= 4 is 5.91 Å². The number of morpholine rings is 1. The van der Waals surface area contributed by atoms with Gasteiger partial charge in [0.1, 0.15) is 5.75 Å². The lowest BCUT2D eigenvalue weighted by Crippen LogP contribution is -2.49. The number of hydrogen-bond donors (Lipinski definition) is 0. The maximum Gasteiger partial charge on any atom is 0.254 e. The minimum Gasteiger partial charge on any atom is -0.497 e. The van der Waals surface area contributed by atoms with Crippen LogP contribution in [0.15, 0.2) is 54.6 Å². The Labute approximate surface area is 173 Å². The third kappa shape index (κ3) is 6.29. The van der Waals surface area contributed by atoms with Gasteiger partial charge in [-0.25, -0.2) is 0 Å². The lowest BCUT2D eigenvalue weighted by atomic mass is 10.1. The SMILES string of the molecule is COCCN(CC1CN(Cc2ccc(OC)cc2)CCO1)C(=O)c1ccccc1. The monoisotopic (exact) mass is 398 g/mol. The van der Waals surface area contributed by atoms with E-state index in [9.17, 15) is 4.79 Å². The number of nitrogens with zero attached hydrogens (tertiary/aromatic N) is 2. The van der Waals surface area contributed by atoms with Gasteiger partial charge in [-0.3, -0.25) is 9.69 Å². The van der Waals surface area contributed by atoms with Crippen LogP contribution < -0.4 is 4.74 Å². The van der Waals surface area contributed by atoms with Crippen molar-refractivity contribution in [3.8, 4) is 5.75 Å². The summed E-state index contributed by atoms with van der Waals surface area (Å²) in [5.74, 6) is 0.875. The fourth-order valence-electron chi connectivity index (χ4n) is 3.51. The molecule has 0 saturated carbocycles. The van der Waals surface area contributed by atoms with Crippen molar-refractivity contribution in [2.75, 3.05) is 53.6 Å². The second-order valence-corrected chi connectivity index (χ2v) is 7.19. The molecule has 2 aromatic rings. The molecule has 1 aliphatic heterocycles. The maximum atomic E-state index is 12.9. The van der Waals surface area contributed by atoms with Gasteiger partial charge < -0.3 is 19.1 Å². The average Bonchev–Trinajstić information content (AvgIpc) is 2.77. The highest BCUT2D eigenvalue weighted by Gasteiger charge is 2.25. The Hall–Kier alpha value is -2.41. The molecule has 1 heterocycles. The number of ether oxygens (including phenoxy) is 3. The van der Waals surface area contributed by atoms with Gasteiger partial charge in [0.05, 0.1) is 26.4 Å². The summed E-state index contributed by atoms with van der Waals surface area (Å²) in [6.45, 7) is 4.79. The van der Waals surface area contributed by atoms with Crippen molar-refractivity contribution in [2.24, 2.45) is 0 Å². The van der Waals surface area contributed by atoms with E-state index < -0.39 is 0 Å². The molecule has 1 fully saturated rings. The van der Waals surface area contributed by atoms with Gasteiger partial charge in [0, 0.05) is 45.4 Å². The number of benzene rings is 2. The topological polar surface area (TPSA) is 51.2 Å². The maximum absolute atomic E-state index is 12.9. The number of carbonyl (C=O) groups excluding carboxylic acids is 1. The van der Waals surface area contributed by atoms with E-state index in [0.29, 0.717) is 31.9 Å². The minimum atomic E-state index is -0.0217. The van der Waals surface area contributed by atoms with Crippen molar-refractivity contribution in [3.05, 3.63) is 65.7 Å². The first kappa shape index (κ1) is 21.3. The molecule has 0 spiro atoms. The Morgan fingerprint density at radius 1 is 1.14 bits per heavy atom. The van der Waals surface area contributed by atoms with Gasteiger partial charge >= 0.3 is 0 Å². The number of carbonyl (C=O) groups is 1. The first-order valence-corrected chi connectivity index (χ1v) is 9.99. The molecule has 0 aromatic heterocycles. The smallest absolute Gasteiger partial charge is 0.254 e. The predicted octanol–water partition coefficient (Wildman–Crippen LogP) is 2.68. The number of hydrogen-bond acceptors (Lipinski definition) is 5. The van der Waals surface area contributed by atoms with Gasteiger partial charge in [0.15, 0.2) is 0 Å². The minimum absolute atomic E-state index is 0.0125. The Bertz CT molecular complexity index is 751. The van der Waals surface area contributed by atoms with Gasteiger partial charge in [-0.1, -0.05) is 30.3 Å². The largest absolute Gasteiger partial charge is 0.497 e. The van der Waals surface area contributed by atoms with Crippen molar-refractivity contribution < 1.29 is 19.0 Å². The molecule has 3 rings (SSSR count). The molecule has 1 aliphatic rings. The molecule has 0 N–H and O–H groups in total. The highest BCUT2D eigenvalue weighted by atomic mass is 16.5. The second-order valence-electron chi connectivity index (χ2n) is 7.19. The van der Waals surface area contributed by atoms with E-state index >= 15 is 0 Å². The summed E-state index contributed by atoms with van der Waals surface area (Å²) < 4.78 is 16.4. The lowest BCUT2D eigenvalue weighted by molar-refractivity contribution is -0.0444.